The highest BCUT2D eigenvalue weighted by Gasteiger charge is 2.03. The quantitative estimate of drug-likeness (QED) is 0.816. The third-order valence-electron chi connectivity index (χ3n) is 2.41. The van der Waals surface area contributed by atoms with Crippen LogP contribution in [0.5, 0.6) is 0 Å². The van der Waals surface area contributed by atoms with E-state index in [2.05, 4.69) is 11.9 Å². The molecule has 0 aliphatic heterocycles. The van der Waals surface area contributed by atoms with E-state index in [1.54, 1.807) is 6.07 Å². The summed E-state index contributed by atoms with van der Waals surface area (Å²) in [6, 6.07) is 6.45. The molecule has 15 heavy (non-hydrogen) atoms. The number of fused-ring (bicyclic) bond motifs is 1. The topological polar surface area (TPSA) is 38.9 Å². The van der Waals surface area contributed by atoms with Crippen molar-refractivity contribution in [1.29, 1.82) is 0 Å². The van der Waals surface area contributed by atoms with Crippen molar-refractivity contribution in [2.75, 3.05) is 5.73 Å². The molecule has 0 saturated carbocycles. The number of anilines is 1. The van der Waals surface area contributed by atoms with Gasteiger partial charge in [-0.3, -0.25) is 0 Å². The van der Waals surface area contributed by atoms with Crippen molar-refractivity contribution < 1.29 is 4.39 Å². The zero-order valence-electron chi connectivity index (χ0n) is 8.63. The molecule has 2 nitrogen and oxygen atoms in total. The smallest absolute Gasteiger partial charge is 0.127 e. The van der Waals surface area contributed by atoms with Gasteiger partial charge in [-0.25, -0.2) is 9.37 Å². The van der Waals surface area contributed by atoms with Crippen molar-refractivity contribution in [3.63, 3.8) is 0 Å². The van der Waals surface area contributed by atoms with Gasteiger partial charge in [-0.2, -0.15) is 0 Å². The van der Waals surface area contributed by atoms with Gasteiger partial charge >= 0.3 is 0 Å². The molecule has 0 aliphatic rings. The van der Waals surface area contributed by atoms with Gasteiger partial charge in [0.15, 0.2) is 0 Å². The standard InChI is InChI=1S/C12H13FN2/c1-2-3-8-6-9-7-10(13)4-5-11(9)15-12(8)14/h4-7H,2-3H2,1H3,(H2,14,15). The van der Waals surface area contributed by atoms with Crippen molar-refractivity contribution >= 4 is 16.7 Å². The number of pyridine rings is 1. The fourth-order valence-corrected chi connectivity index (χ4v) is 1.68. The van der Waals surface area contributed by atoms with Crippen LogP contribution < -0.4 is 5.73 Å². The molecule has 2 N–H and O–H groups in total. The molecule has 0 spiro atoms. The van der Waals surface area contributed by atoms with Gasteiger partial charge in [-0.1, -0.05) is 13.3 Å². The summed E-state index contributed by atoms with van der Waals surface area (Å²) in [6.45, 7) is 2.08. The SMILES string of the molecule is CCCc1cc2cc(F)ccc2nc1N. The molecule has 0 saturated heterocycles. The molecule has 78 valence electrons. The van der Waals surface area contributed by atoms with Crippen LogP contribution in [0.2, 0.25) is 0 Å². The lowest BCUT2D eigenvalue weighted by Gasteiger charge is -2.05. The molecular formula is C12H13FN2. The first-order valence-corrected chi connectivity index (χ1v) is 5.05. The Hall–Kier alpha value is -1.64. The Kier molecular flexibility index (Phi) is 2.54. The maximum absolute atomic E-state index is 13.0. The monoisotopic (exact) mass is 204 g/mol. The Morgan fingerprint density at radius 2 is 2.13 bits per heavy atom. The average Bonchev–Trinajstić information content (AvgIpc) is 2.20. The minimum Gasteiger partial charge on any atom is -0.383 e. The first-order chi connectivity index (χ1) is 7.20. The molecule has 1 aromatic carbocycles. The van der Waals surface area contributed by atoms with Crippen LogP contribution in [-0.2, 0) is 6.42 Å². The van der Waals surface area contributed by atoms with Crippen LogP contribution in [0.25, 0.3) is 10.9 Å². The van der Waals surface area contributed by atoms with E-state index in [9.17, 15) is 4.39 Å². The number of nitrogens with two attached hydrogens (primary N) is 1. The van der Waals surface area contributed by atoms with Gasteiger partial charge in [-0.05, 0) is 36.2 Å². The van der Waals surface area contributed by atoms with E-state index in [0.717, 1.165) is 29.3 Å². The Balaban J connectivity index is 2.61. The number of nitrogens with zero attached hydrogens (tertiary/aromatic N) is 1. The number of hydrogen-bond acceptors (Lipinski definition) is 2. The van der Waals surface area contributed by atoms with Crippen molar-refractivity contribution in [2.24, 2.45) is 0 Å². The van der Waals surface area contributed by atoms with Crippen molar-refractivity contribution in [3.05, 3.63) is 35.6 Å². The highest BCUT2D eigenvalue weighted by Crippen LogP contribution is 2.20. The zero-order chi connectivity index (χ0) is 10.8. The van der Waals surface area contributed by atoms with Crippen molar-refractivity contribution in [3.8, 4) is 0 Å². The third-order valence-corrected chi connectivity index (χ3v) is 2.41. The van der Waals surface area contributed by atoms with Crippen LogP contribution in [0.15, 0.2) is 24.3 Å². The molecule has 0 bridgehead atoms. The largest absolute Gasteiger partial charge is 0.383 e. The number of benzene rings is 1. The minimum atomic E-state index is -0.239. The van der Waals surface area contributed by atoms with E-state index in [4.69, 9.17) is 5.73 Å². The van der Waals surface area contributed by atoms with Gasteiger partial charge in [0, 0.05) is 5.39 Å². The Labute approximate surface area is 87.9 Å². The van der Waals surface area contributed by atoms with Gasteiger partial charge in [0.05, 0.1) is 5.52 Å². The second-order valence-corrected chi connectivity index (χ2v) is 3.62. The molecule has 1 heterocycles. The van der Waals surface area contributed by atoms with Gasteiger partial charge in [0.2, 0.25) is 0 Å². The van der Waals surface area contributed by atoms with Gasteiger partial charge in [0.25, 0.3) is 0 Å². The maximum Gasteiger partial charge on any atom is 0.127 e. The zero-order valence-corrected chi connectivity index (χ0v) is 8.63. The molecular weight excluding hydrogens is 191 g/mol. The molecule has 0 fully saturated rings. The maximum atomic E-state index is 13.0. The normalized spacial score (nSPS) is 10.8. The number of nitrogen functional groups attached to an aromatic ring is 1. The summed E-state index contributed by atoms with van der Waals surface area (Å²) in [7, 11) is 0. The van der Waals surface area contributed by atoms with Crippen LogP contribution in [0.1, 0.15) is 18.9 Å². The lowest BCUT2D eigenvalue weighted by Crippen LogP contribution is -1.98. The van der Waals surface area contributed by atoms with Crippen molar-refractivity contribution in [2.45, 2.75) is 19.8 Å². The minimum absolute atomic E-state index is 0.239. The Morgan fingerprint density at radius 1 is 1.33 bits per heavy atom. The van der Waals surface area contributed by atoms with Crippen LogP contribution in [-0.4, -0.2) is 4.98 Å². The first-order valence-electron chi connectivity index (χ1n) is 5.05. The third kappa shape index (κ3) is 1.91. The fraction of sp³-hybridized carbons (Fsp3) is 0.250. The van der Waals surface area contributed by atoms with Crippen LogP contribution in [0.4, 0.5) is 10.2 Å². The van der Waals surface area contributed by atoms with E-state index < -0.39 is 0 Å². The van der Waals surface area contributed by atoms with Gasteiger partial charge in [0.1, 0.15) is 11.6 Å². The predicted octanol–water partition coefficient (Wildman–Crippen LogP) is 2.91. The lowest BCUT2D eigenvalue weighted by molar-refractivity contribution is 0.629. The van der Waals surface area contributed by atoms with Crippen molar-refractivity contribution in [1.82, 2.24) is 4.98 Å². The van der Waals surface area contributed by atoms with E-state index >= 15 is 0 Å². The van der Waals surface area contributed by atoms with Crippen LogP contribution in [0, 0.1) is 5.82 Å². The highest BCUT2D eigenvalue weighted by atomic mass is 19.1. The molecule has 0 radical (unpaired) electrons. The van der Waals surface area contributed by atoms with E-state index in [-0.39, 0.29) is 5.82 Å². The molecule has 2 aromatic rings. The van der Waals surface area contributed by atoms with Gasteiger partial charge in [-0.15, -0.1) is 0 Å². The molecule has 0 atom stereocenters. The number of aromatic nitrogens is 1. The van der Waals surface area contributed by atoms with E-state index in [1.807, 2.05) is 6.07 Å². The summed E-state index contributed by atoms with van der Waals surface area (Å²) >= 11 is 0. The molecule has 2 rings (SSSR count). The Bertz CT molecular complexity index is 494. The summed E-state index contributed by atoms with van der Waals surface area (Å²) in [5.74, 6) is 0.312. The summed E-state index contributed by atoms with van der Waals surface area (Å²) < 4.78 is 13.0. The summed E-state index contributed by atoms with van der Waals surface area (Å²) in [5.41, 5.74) is 7.55. The average molecular weight is 204 g/mol. The number of aryl methyl sites for hydroxylation is 1. The van der Waals surface area contributed by atoms with Gasteiger partial charge < -0.3 is 5.73 Å². The first kappa shape index (κ1) is 9.90. The number of halogens is 1. The van der Waals surface area contributed by atoms with E-state index in [1.165, 1.54) is 12.1 Å². The Morgan fingerprint density at radius 3 is 2.87 bits per heavy atom. The molecule has 0 aliphatic carbocycles. The number of rotatable bonds is 2. The summed E-state index contributed by atoms with van der Waals surface area (Å²) in [5, 5.41) is 0.813. The number of hydrogen-bond donors (Lipinski definition) is 1. The summed E-state index contributed by atoms with van der Waals surface area (Å²) in [4.78, 5) is 4.25. The fourth-order valence-electron chi connectivity index (χ4n) is 1.68. The van der Waals surface area contributed by atoms with Crippen LogP contribution >= 0.6 is 0 Å². The second kappa shape index (κ2) is 3.85. The lowest BCUT2D eigenvalue weighted by atomic mass is 10.1. The highest BCUT2D eigenvalue weighted by molar-refractivity contribution is 5.81. The predicted molar refractivity (Wildman–Crippen MR) is 60.1 cm³/mol. The van der Waals surface area contributed by atoms with E-state index in [0.29, 0.717) is 5.82 Å². The molecule has 0 unspecified atom stereocenters. The molecule has 0 amide bonds. The molecule has 3 heteroatoms. The summed E-state index contributed by atoms with van der Waals surface area (Å²) in [6.07, 6.45) is 1.89. The molecule has 1 aromatic heterocycles. The second-order valence-electron chi connectivity index (χ2n) is 3.62. The van der Waals surface area contributed by atoms with Crippen LogP contribution in [0.3, 0.4) is 0 Å².